The van der Waals surface area contributed by atoms with E-state index in [1.807, 2.05) is 41.8 Å². The van der Waals surface area contributed by atoms with Crippen LogP contribution in [0.5, 0.6) is 5.75 Å². The molecule has 25 heavy (non-hydrogen) atoms. The SMILES string of the molecule is COc1cccc(Nc2nc(-c3ccc(CNC(C)=O)s3)cs2)c1.Cl. The zero-order chi connectivity index (χ0) is 16.9. The first-order valence-electron chi connectivity index (χ1n) is 7.34. The predicted octanol–water partition coefficient (Wildman–Crippen LogP) is 4.68. The second kappa shape index (κ2) is 8.84. The molecule has 2 heterocycles. The lowest BCUT2D eigenvalue weighted by Gasteiger charge is -2.04. The number of nitrogens with zero attached hydrogens (tertiary/aromatic N) is 1. The average Bonchev–Trinajstić information content (AvgIpc) is 3.22. The van der Waals surface area contributed by atoms with E-state index in [0.717, 1.165) is 32.0 Å². The minimum absolute atomic E-state index is 0. The van der Waals surface area contributed by atoms with Crippen molar-refractivity contribution < 1.29 is 9.53 Å². The maximum absolute atomic E-state index is 11.0. The van der Waals surface area contributed by atoms with Crippen LogP contribution in [0, 0.1) is 0 Å². The molecule has 0 aliphatic heterocycles. The van der Waals surface area contributed by atoms with E-state index in [1.165, 1.54) is 6.92 Å². The molecule has 0 aliphatic rings. The smallest absolute Gasteiger partial charge is 0.217 e. The molecule has 1 aromatic carbocycles. The third-order valence-electron chi connectivity index (χ3n) is 3.25. The molecular weight excluding hydrogens is 378 g/mol. The molecule has 0 atom stereocenters. The van der Waals surface area contributed by atoms with Crippen molar-refractivity contribution in [3.8, 4) is 16.3 Å². The van der Waals surface area contributed by atoms with Gasteiger partial charge in [0.2, 0.25) is 5.91 Å². The fourth-order valence-electron chi connectivity index (χ4n) is 2.09. The van der Waals surface area contributed by atoms with Crippen LogP contribution in [-0.2, 0) is 11.3 Å². The van der Waals surface area contributed by atoms with Crippen molar-refractivity contribution in [3.63, 3.8) is 0 Å². The summed E-state index contributed by atoms with van der Waals surface area (Å²) < 4.78 is 5.22. The zero-order valence-corrected chi connectivity index (χ0v) is 16.2. The molecule has 0 saturated heterocycles. The Bertz CT molecular complexity index is 848. The van der Waals surface area contributed by atoms with Crippen LogP contribution in [0.2, 0.25) is 0 Å². The van der Waals surface area contributed by atoms with Crippen molar-refractivity contribution in [2.24, 2.45) is 0 Å². The lowest BCUT2D eigenvalue weighted by atomic mass is 10.3. The summed E-state index contributed by atoms with van der Waals surface area (Å²) in [5, 5.41) is 8.95. The first-order chi connectivity index (χ1) is 11.6. The van der Waals surface area contributed by atoms with Crippen LogP contribution < -0.4 is 15.4 Å². The molecule has 0 radical (unpaired) electrons. The Balaban J connectivity index is 0.00000225. The van der Waals surface area contributed by atoms with E-state index in [9.17, 15) is 4.79 Å². The van der Waals surface area contributed by atoms with Crippen LogP contribution in [0.25, 0.3) is 10.6 Å². The van der Waals surface area contributed by atoms with E-state index in [-0.39, 0.29) is 18.3 Å². The normalized spacial score (nSPS) is 10.0. The summed E-state index contributed by atoms with van der Waals surface area (Å²) in [6, 6.07) is 11.8. The van der Waals surface area contributed by atoms with Crippen LogP contribution in [0.15, 0.2) is 41.8 Å². The molecular formula is C17H18ClN3O2S2. The second-order valence-electron chi connectivity index (χ2n) is 5.07. The number of thiazole rings is 1. The van der Waals surface area contributed by atoms with E-state index in [2.05, 4.69) is 15.6 Å². The maximum Gasteiger partial charge on any atom is 0.217 e. The fraction of sp³-hybridized carbons (Fsp3) is 0.176. The van der Waals surface area contributed by atoms with Crippen LogP contribution in [-0.4, -0.2) is 18.0 Å². The van der Waals surface area contributed by atoms with Gasteiger partial charge in [-0.1, -0.05) is 6.07 Å². The van der Waals surface area contributed by atoms with Crippen LogP contribution in [0.4, 0.5) is 10.8 Å². The molecule has 2 N–H and O–H groups in total. The number of benzene rings is 1. The van der Waals surface area contributed by atoms with E-state index in [0.29, 0.717) is 6.54 Å². The summed E-state index contributed by atoms with van der Waals surface area (Å²) in [6.07, 6.45) is 0. The van der Waals surface area contributed by atoms with Gasteiger partial charge in [0, 0.05) is 28.9 Å². The highest BCUT2D eigenvalue weighted by atomic mass is 35.5. The summed E-state index contributed by atoms with van der Waals surface area (Å²) in [7, 11) is 1.65. The number of methoxy groups -OCH3 is 1. The highest BCUT2D eigenvalue weighted by Crippen LogP contribution is 2.32. The first-order valence-corrected chi connectivity index (χ1v) is 9.04. The van der Waals surface area contributed by atoms with Crippen molar-refractivity contribution >= 4 is 51.8 Å². The molecule has 0 aliphatic carbocycles. The Morgan fingerprint density at radius 1 is 1.28 bits per heavy atom. The number of rotatable bonds is 6. The van der Waals surface area contributed by atoms with Gasteiger partial charge in [0.25, 0.3) is 0 Å². The van der Waals surface area contributed by atoms with Crippen molar-refractivity contribution in [1.82, 2.24) is 10.3 Å². The maximum atomic E-state index is 11.0. The number of carbonyl (C=O) groups excluding carboxylic acids is 1. The largest absolute Gasteiger partial charge is 0.497 e. The molecule has 3 aromatic rings. The topological polar surface area (TPSA) is 63.2 Å². The number of amides is 1. The van der Waals surface area contributed by atoms with Gasteiger partial charge in [-0.3, -0.25) is 4.79 Å². The van der Waals surface area contributed by atoms with Gasteiger partial charge in [0.1, 0.15) is 5.75 Å². The second-order valence-corrected chi connectivity index (χ2v) is 7.10. The number of thiophene rings is 1. The van der Waals surface area contributed by atoms with Crippen molar-refractivity contribution in [2.75, 3.05) is 12.4 Å². The number of carbonyl (C=O) groups is 1. The lowest BCUT2D eigenvalue weighted by molar-refractivity contribution is -0.119. The summed E-state index contributed by atoms with van der Waals surface area (Å²) in [4.78, 5) is 17.8. The summed E-state index contributed by atoms with van der Waals surface area (Å²) in [5.74, 6) is 0.779. The summed E-state index contributed by atoms with van der Waals surface area (Å²) in [5.41, 5.74) is 1.87. The number of halogens is 1. The number of aromatic nitrogens is 1. The van der Waals surface area contributed by atoms with Gasteiger partial charge in [0.05, 0.1) is 24.2 Å². The van der Waals surface area contributed by atoms with Gasteiger partial charge in [-0.2, -0.15) is 0 Å². The molecule has 1 amide bonds. The molecule has 132 valence electrons. The fourth-order valence-corrected chi connectivity index (χ4v) is 3.80. The molecule has 5 nitrogen and oxygen atoms in total. The van der Waals surface area contributed by atoms with E-state index in [4.69, 9.17) is 4.74 Å². The van der Waals surface area contributed by atoms with Gasteiger partial charge in [-0.05, 0) is 24.3 Å². The number of hydrogen-bond acceptors (Lipinski definition) is 6. The number of ether oxygens (including phenoxy) is 1. The Morgan fingerprint density at radius 3 is 2.88 bits per heavy atom. The average molecular weight is 396 g/mol. The van der Waals surface area contributed by atoms with Crippen LogP contribution in [0.1, 0.15) is 11.8 Å². The summed E-state index contributed by atoms with van der Waals surface area (Å²) >= 11 is 3.19. The van der Waals surface area contributed by atoms with Gasteiger partial charge in [0.15, 0.2) is 5.13 Å². The Hall–Kier alpha value is -2.09. The zero-order valence-electron chi connectivity index (χ0n) is 13.7. The van der Waals surface area contributed by atoms with Crippen molar-refractivity contribution in [1.29, 1.82) is 0 Å². The van der Waals surface area contributed by atoms with E-state index < -0.39 is 0 Å². The van der Waals surface area contributed by atoms with E-state index in [1.54, 1.807) is 29.8 Å². The van der Waals surface area contributed by atoms with Crippen LogP contribution in [0.3, 0.4) is 0 Å². The van der Waals surface area contributed by atoms with Crippen molar-refractivity contribution in [2.45, 2.75) is 13.5 Å². The highest BCUT2D eigenvalue weighted by molar-refractivity contribution is 7.17. The van der Waals surface area contributed by atoms with Crippen LogP contribution >= 0.6 is 35.1 Å². The molecule has 3 rings (SSSR count). The molecule has 0 spiro atoms. The minimum atomic E-state index is -0.0246. The molecule has 2 aromatic heterocycles. The molecule has 8 heteroatoms. The molecule has 0 fully saturated rings. The first kappa shape index (κ1) is 19.2. The van der Waals surface area contributed by atoms with Gasteiger partial charge >= 0.3 is 0 Å². The quantitative estimate of drug-likeness (QED) is 0.636. The van der Waals surface area contributed by atoms with Gasteiger partial charge in [-0.15, -0.1) is 35.1 Å². The van der Waals surface area contributed by atoms with E-state index >= 15 is 0 Å². The molecule has 0 unspecified atom stereocenters. The predicted molar refractivity (Wildman–Crippen MR) is 106 cm³/mol. The standard InChI is InChI=1S/C17H17N3O2S2.ClH/c1-11(21)18-9-14-6-7-16(24-14)15-10-23-17(20-15)19-12-4-3-5-13(8-12)22-2;/h3-8,10H,9H2,1-2H3,(H,18,21)(H,19,20);1H. The lowest BCUT2D eigenvalue weighted by Crippen LogP contribution is -2.17. The van der Waals surface area contributed by atoms with Gasteiger partial charge < -0.3 is 15.4 Å². The number of anilines is 2. The summed E-state index contributed by atoms with van der Waals surface area (Å²) in [6.45, 7) is 2.07. The minimum Gasteiger partial charge on any atom is -0.497 e. The van der Waals surface area contributed by atoms with Crippen molar-refractivity contribution in [3.05, 3.63) is 46.7 Å². The third kappa shape index (κ3) is 5.19. The van der Waals surface area contributed by atoms with Gasteiger partial charge in [-0.25, -0.2) is 4.98 Å². The Morgan fingerprint density at radius 2 is 2.12 bits per heavy atom. The highest BCUT2D eigenvalue weighted by Gasteiger charge is 2.08. The molecule has 0 saturated carbocycles. The Kier molecular flexibility index (Phi) is 6.81. The third-order valence-corrected chi connectivity index (χ3v) is 5.12. The monoisotopic (exact) mass is 395 g/mol. The number of nitrogens with one attached hydrogen (secondary N) is 2. The Labute approximate surface area is 160 Å². The number of hydrogen-bond donors (Lipinski definition) is 2. The molecule has 0 bridgehead atoms.